The van der Waals surface area contributed by atoms with Crippen molar-refractivity contribution in [1.29, 1.82) is 0 Å². The molecule has 0 radical (unpaired) electrons. The van der Waals surface area contributed by atoms with Gasteiger partial charge in [-0.05, 0) is 23.9 Å². The van der Waals surface area contributed by atoms with Crippen LogP contribution in [0.1, 0.15) is 4.88 Å². The summed E-state index contributed by atoms with van der Waals surface area (Å²) in [5, 5.41) is 4.87. The summed E-state index contributed by atoms with van der Waals surface area (Å²) < 4.78 is 26.4. The van der Waals surface area contributed by atoms with Gasteiger partial charge in [0.2, 0.25) is 10.0 Å². The summed E-state index contributed by atoms with van der Waals surface area (Å²) in [5.41, 5.74) is 0.558. The highest BCUT2D eigenvalue weighted by molar-refractivity contribution is 7.89. The van der Waals surface area contributed by atoms with Crippen molar-refractivity contribution in [2.75, 3.05) is 26.0 Å². The van der Waals surface area contributed by atoms with Crippen LogP contribution in [0.15, 0.2) is 40.9 Å². The number of pyridine rings is 1. The fourth-order valence-electron chi connectivity index (χ4n) is 1.80. The number of rotatable bonds is 6. The normalized spacial score (nSPS) is 11.8. The number of hydrogen-bond donors (Lipinski definition) is 1. The first-order valence-electron chi connectivity index (χ1n) is 6.16. The first-order chi connectivity index (χ1) is 9.55. The van der Waals surface area contributed by atoms with Crippen LogP contribution in [0.25, 0.3) is 0 Å². The number of thiophene rings is 1. The Balaban J connectivity index is 2.16. The molecule has 0 atom stereocenters. The number of aromatic nitrogens is 1. The second kappa shape index (κ2) is 6.34. The van der Waals surface area contributed by atoms with Crippen molar-refractivity contribution in [2.45, 2.75) is 11.3 Å². The molecule has 0 fully saturated rings. The van der Waals surface area contributed by atoms with Gasteiger partial charge in [0.1, 0.15) is 4.90 Å². The molecule has 7 heteroatoms. The van der Waals surface area contributed by atoms with Crippen LogP contribution in [0, 0.1) is 0 Å². The van der Waals surface area contributed by atoms with Crippen molar-refractivity contribution in [2.24, 2.45) is 0 Å². The monoisotopic (exact) mass is 311 g/mol. The molecule has 2 rings (SSSR count). The standard InChI is InChI=1S/C13H17N3O2S2/c1-14-12-5-7-15-10-13(12)20(17,18)16(2)8-6-11-4-3-9-19-11/h3-5,7,9-10H,6,8H2,1-2H3,(H,14,15). The quantitative estimate of drug-likeness (QED) is 0.887. The first-order valence-corrected chi connectivity index (χ1v) is 8.48. The van der Waals surface area contributed by atoms with Gasteiger partial charge in [0.15, 0.2) is 0 Å². The summed E-state index contributed by atoms with van der Waals surface area (Å²) in [4.78, 5) is 5.29. The molecule has 2 aromatic heterocycles. The molecule has 20 heavy (non-hydrogen) atoms. The van der Waals surface area contributed by atoms with Crippen LogP contribution in [-0.4, -0.2) is 38.3 Å². The minimum absolute atomic E-state index is 0.205. The minimum atomic E-state index is -3.52. The van der Waals surface area contributed by atoms with E-state index in [1.54, 1.807) is 37.7 Å². The number of nitrogens with zero attached hydrogens (tertiary/aromatic N) is 2. The molecule has 2 heterocycles. The Hall–Kier alpha value is -1.44. The summed E-state index contributed by atoms with van der Waals surface area (Å²) in [5.74, 6) is 0. The average Bonchev–Trinajstić information content (AvgIpc) is 2.97. The molecule has 0 aliphatic heterocycles. The molecule has 0 aromatic carbocycles. The van der Waals surface area contributed by atoms with Crippen molar-refractivity contribution in [3.8, 4) is 0 Å². The number of hydrogen-bond acceptors (Lipinski definition) is 5. The molecule has 0 saturated heterocycles. The fourth-order valence-corrected chi connectivity index (χ4v) is 3.81. The van der Waals surface area contributed by atoms with Crippen LogP contribution in [-0.2, 0) is 16.4 Å². The molecule has 0 aliphatic rings. The predicted octanol–water partition coefficient (Wildman–Crippen LogP) is 2.05. The Morgan fingerprint density at radius 2 is 2.20 bits per heavy atom. The van der Waals surface area contributed by atoms with E-state index < -0.39 is 10.0 Å². The number of nitrogens with one attached hydrogen (secondary N) is 1. The molecule has 5 nitrogen and oxygen atoms in total. The van der Waals surface area contributed by atoms with E-state index in [2.05, 4.69) is 10.3 Å². The molecule has 0 saturated carbocycles. The number of anilines is 1. The Morgan fingerprint density at radius 3 is 2.85 bits per heavy atom. The van der Waals surface area contributed by atoms with E-state index in [4.69, 9.17) is 0 Å². The van der Waals surface area contributed by atoms with Gasteiger partial charge in [0, 0.05) is 37.9 Å². The SMILES string of the molecule is CNc1ccncc1S(=O)(=O)N(C)CCc1cccs1. The van der Waals surface area contributed by atoms with Gasteiger partial charge in [0.25, 0.3) is 0 Å². The molecule has 0 bridgehead atoms. The van der Waals surface area contributed by atoms with Gasteiger partial charge in [-0.3, -0.25) is 4.98 Å². The van der Waals surface area contributed by atoms with E-state index in [1.807, 2.05) is 17.5 Å². The Labute approximate surface area is 123 Å². The summed E-state index contributed by atoms with van der Waals surface area (Å²) in [6.07, 6.45) is 3.65. The third kappa shape index (κ3) is 3.17. The highest BCUT2D eigenvalue weighted by Gasteiger charge is 2.23. The Kier molecular flexibility index (Phi) is 4.74. The molecule has 0 amide bonds. The summed E-state index contributed by atoms with van der Waals surface area (Å²) in [6, 6.07) is 5.63. The third-order valence-electron chi connectivity index (χ3n) is 3.00. The van der Waals surface area contributed by atoms with Gasteiger partial charge in [-0.25, -0.2) is 12.7 Å². The second-order valence-electron chi connectivity index (χ2n) is 4.28. The molecule has 0 aliphatic carbocycles. The van der Waals surface area contributed by atoms with Crippen LogP contribution < -0.4 is 5.32 Å². The van der Waals surface area contributed by atoms with Crippen molar-refractivity contribution < 1.29 is 8.42 Å². The number of sulfonamides is 1. The second-order valence-corrected chi connectivity index (χ2v) is 7.32. The van der Waals surface area contributed by atoms with Crippen molar-refractivity contribution in [1.82, 2.24) is 9.29 Å². The molecule has 0 unspecified atom stereocenters. The van der Waals surface area contributed by atoms with Crippen LogP contribution in [0.4, 0.5) is 5.69 Å². The van der Waals surface area contributed by atoms with E-state index in [0.29, 0.717) is 18.7 Å². The molecule has 2 aromatic rings. The highest BCUT2D eigenvalue weighted by atomic mass is 32.2. The molecule has 0 spiro atoms. The van der Waals surface area contributed by atoms with Crippen LogP contribution in [0.3, 0.4) is 0 Å². The van der Waals surface area contributed by atoms with Crippen molar-refractivity contribution in [3.05, 3.63) is 40.8 Å². The maximum absolute atomic E-state index is 12.5. The van der Waals surface area contributed by atoms with Crippen LogP contribution in [0.2, 0.25) is 0 Å². The van der Waals surface area contributed by atoms with Crippen LogP contribution in [0.5, 0.6) is 0 Å². The topological polar surface area (TPSA) is 62.3 Å². The van der Waals surface area contributed by atoms with Crippen LogP contribution >= 0.6 is 11.3 Å². The Morgan fingerprint density at radius 1 is 1.40 bits per heavy atom. The van der Waals surface area contributed by atoms with E-state index >= 15 is 0 Å². The Bertz CT molecular complexity index is 654. The fraction of sp³-hybridized carbons (Fsp3) is 0.308. The lowest BCUT2D eigenvalue weighted by molar-refractivity contribution is 0.473. The van der Waals surface area contributed by atoms with Gasteiger partial charge in [-0.15, -0.1) is 11.3 Å². The van der Waals surface area contributed by atoms with Gasteiger partial charge in [-0.2, -0.15) is 0 Å². The zero-order chi connectivity index (χ0) is 14.6. The first kappa shape index (κ1) is 15.0. The molecule has 1 N–H and O–H groups in total. The highest BCUT2D eigenvalue weighted by Crippen LogP contribution is 2.22. The summed E-state index contributed by atoms with van der Waals surface area (Å²) in [6.45, 7) is 0.445. The summed E-state index contributed by atoms with van der Waals surface area (Å²) in [7, 11) is -0.235. The zero-order valence-electron chi connectivity index (χ0n) is 11.4. The molecule has 108 valence electrons. The smallest absolute Gasteiger partial charge is 0.246 e. The lowest BCUT2D eigenvalue weighted by atomic mass is 10.3. The van der Waals surface area contributed by atoms with Gasteiger partial charge in [-0.1, -0.05) is 6.07 Å². The van der Waals surface area contributed by atoms with Crippen molar-refractivity contribution in [3.63, 3.8) is 0 Å². The summed E-state index contributed by atoms with van der Waals surface area (Å²) >= 11 is 1.63. The maximum atomic E-state index is 12.5. The van der Waals surface area contributed by atoms with E-state index in [-0.39, 0.29) is 4.90 Å². The lowest BCUT2D eigenvalue weighted by Crippen LogP contribution is -2.29. The third-order valence-corrected chi connectivity index (χ3v) is 5.82. The molecular formula is C13H17N3O2S2. The number of likely N-dealkylation sites (N-methyl/N-ethyl adjacent to an activating group) is 1. The van der Waals surface area contributed by atoms with Gasteiger partial charge in [0.05, 0.1) is 5.69 Å². The largest absolute Gasteiger partial charge is 0.387 e. The van der Waals surface area contributed by atoms with E-state index in [1.165, 1.54) is 15.4 Å². The average molecular weight is 311 g/mol. The van der Waals surface area contributed by atoms with Gasteiger partial charge < -0.3 is 5.32 Å². The molecular weight excluding hydrogens is 294 g/mol. The minimum Gasteiger partial charge on any atom is -0.387 e. The van der Waals surface area contributed by atoms with Gasteiger partial charge >= 0.3 is 0 Å². The van der Waals surface area contributed by atoms with E-state index in [0.717, 1.165) is 0 Å². The lowest BCUT2D eigenvalue weighted by Gasteiger charge is -2.18. The zero-order valence-corrected chi connectivity index (χ0v) is 13.0. The predicted molar refractivity (Wildman–Crippen MR) is 81.6 cm³/mol. The van der Waals surface area contributed by atoms with Crippen molar-refractivity contribution >= 4 is 27.0 Å². The maximum Gasteiger partial charge on any atom is 0.246 e. The van der Waals surface area contributed by atoms with E-state index in [9.17, 15) is 8.42 Å².